The molecule has 0 amide bonds. The van der Waals surface area contributed by atoms with Crippen LogP contribution in [0.25, 0.3) is 0 Å². The molecule has 1 unspecified atom stereocenters. The summed E-state index contributed by atoms with van der Waals surface area (Å²) in [6.45, 7) is 7.19. The van der Waals surface area contributed by atoms with E-state index in [2.05, 4.69) is 9.80 Å². The Hall–Kier alpha value is -1.13. The van der Waals surface area contributed by atoms with E-state index in [-0.39, 0.29) is 11.9 Å². The molecule has 1 heterocycles. The third-order valence-corrected chi connectivity index (χ3v) is 4.41. The topological polar surface area (TPSA) is 32.5 Å². The van der Waals surface area contributed by atoms with Crippen LogP contribution in [0.15, 0.2) is 18.2 Å². The molecule has 3 nitrogen and oxygen atoms in total. The van der Waals surface area contributed by atoms with E-state index in [1.165, 1.54) is 25.5 Å². The molecule has 3 rings (SSSR count). The third kappa shape index (κ3) is 2.96. The van der Waals surface area contributed by atoms with Gasteiger partial charge in [-0.2, -0.15) is 0 Å². The van der Waals surface area contributed by atoms with Crippen LogP contribution in [0.4, 0.5) is 10.1 Å². The minimum Gasteiger partial charge on any atom is -0.369 e. The van der Waals surface area contributed by atoms with Gasteiger partial charge in [0.05, 0.1) is 0 Å². The summed E-state index contributed by atoms with van der Waals surface area (Å²) in [7, 11) is 0. The molecule has 2 N–H and O–H groups in total. The largest absolute Gasteiger partial charge is 0.369 e. The fourth-order valence-electron chi connectivity index (χ4n) is 3.09. The second-order valence-corrected chi connectivity index (χ2v) is 6.19. The van der Waals surface area contributed by atoms with Crippen molar-refractivity contribution in [3.05, 3.63) is 29.6 Å². The van der Waals surface area contributed by atoms with Gasteiger partial charge in [-0.3, -0.25) is 4.90 Å². The maximum Gasteiger partial charge on any atom is 0.130 e. The molecule has 1 aromatic carbocycles. The summed E-state index contributed by atoms with van der Waals surface area (Å²) >= 11 is 0. The lowest BCUT2D eigenvalue weighted by atomic mass is 10.0. The highest BCUT2D eigenvalue weighted by Crippen LogP contribution is 2.31. The van der Waals surface area contributed by atoms with E-state index in [0.717, 1.165) is 37.8 Å². The van der Waals surface area contributed by atoms with Crippen molar-refractivity contribution in [2.24, 2.45) is 11.7 Å². The summed E-state index contributed by atoms with van der Waals surface area (Å²) < 4.78 is 14.0. The Labute approximate surface area is 120 Å². The zero-order valence-corrected chi connectivity index (χ0v) is 12.2. The Morgan fingerprint density at radius 3 is 2.55 bits per heavy atom. The lowest BCUT2D eigenvalue weighted by Gasteiger charge is -2.37. The normalized spacial score (nSPS) is 22.1. The standard InChI is InChI=1S/C16H24FN3/c1-12(18)16-14(17)3-2-4-15(16)20-9-7-19(8-10-20)11-13-5-6-13/h2-4,12-13H,5-11,18H2,1H3. The molecule has 1 saturated heterocycles. The van der Waals surface area contributed by atoms with Crippen molar-refractivity contribution in [3.8, 4) is 0 Å². The molecule has 4 heteroatoms. The van der Waals surface area contributed by atoms with Gasteiger partial charge in [0.25, 0.3) is 0 Å². The van der Waals surface area contributed by atoms with Crippen LogP contribution in [0, 0.1) is 11.7 Å². The quantitative estimate of drug-likeness (QED) is 0.917. The maximum atomic E-state index is 14.0. The number of nitrogens with zero attached hydrogens (tertiary/aromatic N) is 2. The van der Waals surface area contributed by atoms with Gasteiger partial charge in [-0.1, -0.05) is 6.07 Å². The number of rotatable bonds is 4. The van der Waals surface area contributed by atoms with Gasteiger partial charge < -0.3 is 10.6 Å². The van der Waals surface area contributed by atoms with Crippen molar-refractivity contribution in [2.75, 3.05) is 37.6 Å². The van der Waals surface area contributed by atoms with Crippen LogP contribution in [0.3, 0.4) is 0 Å². The Morgan fingerprint density at radius 2 is 1.95 bits per heavy atom. The number of nitrogens with two attached hydrogens (primary N) is 1. The molecule has 2 fully saturated rings. The third-order valence-electron chi connectivity index (χ3n) is 4.41. The molecule has 0 radical (unpaired) electrons. The SMILES string of the molecule is CC(N)c1c(F)cccc1N1CCN(CC2CC2)CC1. The van der Waals surface area contributed by atoms with Crippen LogP contribution in [0.2, 0.25) is 0 Å². The first-order valence-electron chi connectivity index (χ1n) is 7.66. The number of anilines is 1. The zero-order chi connectivity index (χ0) is 14.1. The summed E-state index contributed by atoms with van der Waals surface area (Å²) in [6.07, 6.45) is 2.80. The number of halogens is 1. The number of benzene rings is 1. The van der Waals surface area contributed by atoms with Crippen molar-refractivity contribution >= 4 is 5.69 Å². The Kier molecular flexibility index (Phi) is 3.94. The highest BCUT2D eigenvalue weighted by molar-refractivity contribution is 5.55. The minimum absolute atomic E-state index is 0.182. The van der Waals surface area contributed by atoms with Crippen molar-refractivity contribution in [2.45, 2.75) is 25.8 Å². The smallest absolute Gasteiger partial charge is 0.130 e. The van der Waals surface area contributed by atoms with E-state index in [1.807, 2.05) is 13.0 Å². The van der Waals surface area contributed by atoms with Gasteiger partial charge in [-0.25, -0.2) is 4.39 Å². The summed E-state index contributed by atoms with van der Waals surface area (Å²) in [4.78, 5) is 4.82. The first kappa shape index (κ1) is 13.8. The molecule has 1 aliphatic carbocycles. The lowest BCUT2D eigenvalue weighted by molar-refractivity contribution is 0.248. The van der Waals surface area contributed by atoms with E-state index >= 15 is 0 Å². The summed E-state index contributed by atoms with van der Waals surface area (Å²) in [5, 5.41) is 0. The monoisotopic (exact) mass is 277 g/mol. The number of piperazine rings is 1. The summed E-state index contributed by atoms with van der Waals surface area (Å²) in [6, 6.07) is 5.02. The van der Waals surface area contributed by atoms with Crippen molar-refractivity contribution in [1.29, 1.82) is 0 Å². The van der Waals surface area contributed by atoms with Gasteiger partial charge in [-0.15, -0.1) is 0 Å². The molecule has 1 aromatic rings. The summed E-state index contributed by atoms with van der Waals surface area (Å²) in [5.74, 6) is 0.758. The highest BCUT2D eigenvalue weighted by atomic mass is 19.1. The Morgan fingerprint density at radius 1 is 1.25 bits per heavy atom. The van der Waals surface area contributed by atoms with E-state index in [0.29, 0.717) is 5.56 Å². The first-order chi connectivity index (χ1) is 9.65. The van der Waals surface area contributed by atoms with Crippen molar-refractivity contribution in [3.63, 3.8) is 0 Å². The fraction of sp³-hybridized carbons (Fsp3) is 0.625. The molecule has 1 saturated carbocycles. The molecular weight excluding hydrogens is 253 g/mol. The van der Waals surface area contributed by atoms with E-state index in [9.17, 15) is 4.39 Å². The average molecular weight is 277 g/mol. The van der Waals surface area contributed by atoms with E-state index in [4.69, 9.17) is 5.73 Å². The minimum atomic E-state index is -0.268. The van der Waals surface area contributed by atoms with Crippen LogP contribution in [-0.2, 0) is 0 Å². The highest BCUT2D eigenvalue weighted by Gasteiger charge is 2.27. The van der Waals surface area contributed by atoms with E-state index in [1.54, 1.807) is 6.07 Å². The molecule has 1 aliphatic heterocycles. The summed E-state index contributed by atoms with van der Waals surface area (Å²) in [5.41, 5.74) is 7.58. The van der Waals surface area contributed by atoms with Crippen LogP contribution in [0.1, 0.15) is 31.4 Å². The predicted molar refractivity (Wildman–Crippen MR) is 80.4 cm³/mol. The van der Waals surface area contributed by atoms with Crippen LogP contribution in [-0.4, -0.2) is 37.6 Å². The maximum absolute atomic E-state index is 14.0. The second kappa shape index (κ2) is 5.70. The van der Waals surface area contributed by atoms with Gasteiger partial charge >= 0.3 is 0 Å². The molecule has 110 valence electrons. The molecule has 0 bridgehead atoms. The molecular formula is C16H24FN3. The van der Waals surface area contributed by atoms with Crippen molar-refractivity contribution < 1.29 is 4.39 Å². The molecule has 2 aliphatic rings. The van der Waals surface area contributed by atoms with Crippen molar-refractivity contribution in [1.82, 2.24) is 4.90 Å². The number of hydrogen-bond acceptors (Lipinski definition) is 3. The van der Waals surface area contributed by atoms with Crippen LogP contribution in [0.5, 0.6) is 0 Å². The molecule has 1 atom stereocenters. The first-order valence-corrected chi connectivity index (χ1v) is 7.66. The Balaban J connectivity index is 1.69. The van der Waals surface area contributed by atoms with Gasteiger partial charge in [-0.05, 0) is 37.8 Å². The van der Waals surface area contributed by atoms with E-state index < -0.39 is 0 Å². The van der Waals surface area contributed by atoms with Gasteiger partial charge in [0.1, 0.15) is 5.82 Å². The Bertz CT molecular complexity index is 463. The van der Waals surface area contributed by atoms with Gasteiger partial charge in [0.15, 0.2) is 0 Å². The zero-order valence-electron chi connectivity index (χ0n) is 12.2. The molecule has 0 aromatic heterocycles. The van der Waals surface area contributed by atoms with Gasteiger partial charge in [0.2, 0.25) is 0 Å². The fourth-order valence-corrected chi connectivity index (χ4v) is 3.09. The van der Waals surface area contributed by atoms with Gasteiger partial charge in [0, 0.05) is 50.0 Å². The molecule has 0 spiro atoms. The van der Waals surface area contributed by atoms with Crippen LogP contribution >= 0.6 is 0 Å². The molecule has 20 heavy (non-hydrogen) atoms. The second-order valence-electron chi connectivity index (χ2n) is 6.19. The lowest BCUT2D eigenvalue weighted by Crippen LogP contribution is -2.47. The average Bonchev–Trinajstić information content (AvgIpc) is 3.23. The van der Waals surface area contributed by atoms with Crippen LogP contribution < -0.4 is 10.6 Å². The number of hydrogen-bond donors (Lipinski definition) is 1. The predicted octanol–water partition coefficient (Wildman–Crippen LogP) is 2.38.